The number of nitrogens with zero attached hydrogens (tertiary/aromatic N) is 1. The number of nitrogens with one attached hydrogen (secondary N) is 1. The van der Waals surface area contributed by atoms with Gasteiger partial charge >= 0.3 is 6.18 Å². The number of rotatable bonds is 8. The molecule has 0 aromatic rings. The molecule has 0 radical (unpaired) electrons. The van der Waals surface area contributed by atoms with Crippen molar-refractivity contribution in [2.75, 3.05) is 6.54 Å². The lowest BCUT2D eigenvalue weighted by Gasteiger charge is -2.41. The second kappa shape index (κ2) is 9.73. The van der Waals surface area contributed by atoms with E-state index >= 15 is 0 Å². The summed E-state index contributed by atoms with van der Waals surface area (Å²) >= 11 is 0. The van der Waals surface area contributed by atoms with E-state index < -0.39 is 48.6 Å². The Kier molecular flexibility index (Phi) is 8.53. The summed E-state index contributed by atoms with van der Waals surface area (Å²) in [5.74, 6) is -1.91. The fourth-order valence-corrected chi connectivity index (χ4v) is 3.50. The number of amides is 2. The molecule has 1 aliphatic carbocycles. The SMILES string of the molecule is CC(C)C(C(O)C(F)(F)F)N(C(=O)CNC(=O)[C@@H](N)C(C)C)C1CCCC1. The maximum Gasteiger partial charge on any atom is 0.416 e. The Morgan fingerprint density at radius 1 is 1.15 bits per heavy atom. The second-order valence-corrected chi connectivity index (χ2v) is 7.95. The van der Waals surface area contributed by atoms with Gasteiger partial charge in [0.1, 0.15) is 0 Å². The molecule has 4 N–H and O–H groups in total. The van der Waals surface area contributed by atoms with Gasteiger partial charge in [0.05, 0.1) is 18.6 Å². The summed E-state index contributed by atoms with van der Waals surface area (Å²) in [4.78, 5) is 25.9. The van der Waals surface area contributed by atoms with E-state index in [1.54, 1.807) is 27.7 Å². The quantitative estimate of drug-likeness (QED) is 0.584. The third-order valence-electron chi connectivity index (χ3n) is 5.10. The summed E-state index contributed by atoms with van der Waals surface area (Å²) in [5.41, 5.74) is 5.73. The Hall–Kier alpha value is -1.35. The molecular formula is C18H32F3N3O3. The number of aliphatic hydroxyl groups excluding tert-OH is 1. The average Bonchev–Trinajstić information content (AvgIpc) is 3.08. The zero-order valence-corrected chi connectivity index (χ0v) is 16.4. The molecule has 0 heterocycles. The van der Waals surface area contributed by atoms with Crippen LogP contribution in [0.3, 0.4) is 0 Å². The van der Waals surface area contributed by atoms with Gasteiger partial charge in [-0.15, -0.1) is 0 Å². The number of aliphatic hydroxyl groups is 1. The average molecular weight is 395 g/mol. The van der Waals surface area contributed by atoms with Crippen molar-refractivity contribution < 1.29 is 27.9 Å². The van der Waals surface area contributed by atoms with E-state index in [4.69, 9.17) is 5.73 Å². The largest absolute Gasteiger partial charge is 0.416 e. The van der Waals surface area contributed by atoms with Gasteiger partial charge in [-0.1, -0.05) is 40.5 Å². The summed E-state index contributed by atoms with van der Waals surface area (Å²) in [6, 6.07) is -2.59. The van der Waals surface area contributed by atoms with Gasteiger partial charge in [0, 0.05) is 6.04 Å². The Bertz CT molecular complexity index is 506. The number of carbonyl (C=O) groups is 2. The summed E-state index contributed by atoms with van der Waals surface area (Å²) < 4.78 is 39.6. The van der Waals surface area contributed by atoms with Crippen molar-refractivity contribution in [3.05, 3.63) is 0 Å². The summed E-state index contributed by atoms with van der Waals surface area (Å²) in [6.07, 6.45) is -4.69. The van der Waals surface area contributed by atoms with Crippen LogP contribution in [0.5, 0.6) is 0 Å². The summed E-state index contributed by atoms with van der Waals surface area (Å²) in [5, 5.41) is 12.3. The van der Waals surface area contributed by atoms with E-state index in [0.29, 0.717) is 12.8 Å². The van der Waals surface area contributed by atoms with Crippen molar-refractivity contribution in [3.63, 3.8) is 0 Å². The van der Waals surface area contributed by atoms with E-state index in [2.05, 4.69) is 5.32 Å². The van der Waals surface area contributed by atoms with Gasteiger partial charge < -0.3 is 21.1 Å². The molecule has 0 aromatic heterocycles. The van der Waals surface area contributed by atoms with E-state index in [9.17, 15) is 27.9 Å². The predicted molar refractivity (Wildman–Crippen MR) is 95.6 cm³/mol. The highest BCUT2D eigenvalue weighted by Gasteiger charge is 2.49. The third-order valence-corrected chi connectivity index (χ3v) is 5.10. The molecule has 1 saturated carbocycles. The van der Waals surface area contributed by atoms with Crippen molar-refractivity contribution >= 4 is 11.8 Å². The van der Waals surface area contributed by atoms with Crippen LogP contribution in [0.2, 0.25) is 0 Å². The first-order valence-electron chi connectivity index (χ1n) is 9.47. The summed E-state index contributed by atoms with van der Waals surface area (Å²) in [6.45, 7) is 6.16. The molecule has 158 valence electrons. The highest BCUT2D eigenvalue weighted by Crippen LogP contribution is 2.33. The number of hydrogen-bond donors (Lipinski definition) is 3. The Morgan fingerprint density at radius 3 is 2.07 bits per heavy atom. The molecule has 0 saturated heterocycles. The van der Waals surface area contributed by atoms with Gasteiger partial charge in [0.25, 0.3) is 0 Å². The monoisotopic (exact) mass is 395 g/mol. The van der Waals surface area contributed by atoms with Crippen LogP contribution in [0, 0.1) is 11.8 Å². The van der Waals surface area contributed by atoms with Crippen LogP contribution in [-0.2, 0) is 9.59 Å². The van der Waals surface area contributed by atoms with Gasteiger partial charge in [-0.2, -0.15) is 13.2 Å². The first kappa shape index (κ1) is 23.7. The molecular weight excluding hydrogens is 363 g/mol. The van der Waals surface area contributed by atoms with E-state index in [1.807, 2.05) is 0 Å². The van der Waals surface area contributed by atoms with Gasteiger partial charge in [-0.05, 0) is 24.7 Å². The lowest BCUT2D eigenvalue weighted by molar-refractivity contribution is -0.228. The van der Waals surface area contributed by atoms with Crippen molar-refractivity contribution in [2.24, 2.45) is 17.6 Å². The number of halogens is 3. The van der Waals surface area contributed by atoms with Crippen molar-refractivity contribution in [2.45, 2.75) is 83.8 Å². The number of nitrogens with two attached hydrogens (primary N) is 1. The van der Waals surface area contributed by atoms with Crippen LogP contribution in [0.25, 0.3) is 0 Å². The van der Waals surface area contributed by atoms with Crippen LogP contribution in [0.4, 0.5) is 13.2 Å². The van der Waals surface area contributed by atoms with Crippen LogP contribution >= 0.6 is 0 Å². The van der Waals surface area contributed by atoms with Crippen LogP contribution in [-0.4, -0.2) is 58.8 Å². The molecule has 27 heavy (non-hydrogen) atoms. The highest BCUT2D eigenvalue weighted by atomic mass is 19.4. The Labute approximate surface area is 158 Å². The van der Waals surface area contributed by atoms with E-state index in [1.165, 1.54) is 0 Å². The molecule has 0 aromatic carbocycles. The smallest absolute Gasteiger partial charge is 0.382 e. The van der Waals surface area contributed by atoms with Gasteiger partial charge in [0.2, 0.25) is 11.8 Å². The normalized spacial score (nSPS) is 19.2. The zero-order chi connectivity index (χ0) is 20.9. The predicted octanol–water partition coefficient (Wildman–Crippen LogP) is 1.80. The first-order valence-corrected chi connectivity index (χ1v) is 9.47. The molecule has 2 unspecified atom stereocenters. The van der Waals surface area contributed by atoms with Gasteiger partial charge in [-0.25, -0.2) is 0 Å². The second-order valence-electron chi connectivity index (χ2n) is 7.95. The molecule has 9 heteroatoms. The lowest BCUT2D eigenvalue weighted by Crippen LogP contribution is -2.59. The van der Waals surface area contributed by atoms with Crippen LogP contribution < -0.4 is 11.1 Å². The minimum absolute atomic E-state index is 0.137. The maximum absolute atomic E-state index is 13.2. The molecule has 2 amide bonds. The highest BCUT2D eigenvalue weighted by molar-refractivity contribution is 5.87. The van der Waals surface area contributed by atoms with E-state index in [-0.39, 0.29) is 12.0 Å². The molecule has 0 aliphatic heterocycles. The topological polar surface area (TPSA) is 95.7 Å². The van der Waals surface area contributed by atoms with Crippen molar-refractivity contribution in [3.8, 4) is 0 Å². The minimum atomic E-state index is -4.84. The molecule has 0 spiro atoms. The van der Waals surface area contributed by atoms with E-state index in [0.717, 1.165) is 17.7 Å². The number of alkyl halides is 3. The molecule has 0 bridgehead atoms. The fraction of sp³-hybridized carbons (Fsp3) is 0.889. The van der Waals surface area contributed by atoms with Crippen LogP contribution in [0.15, 0.2) is 0 Å². The van der Waals surface area contributed by atoms with Gasteiger partial charge in [0.15, 0.2) is 6.10 Å². The Balaban J connectivity index is 3.01. The lowest BCUT2D eigenvalue weighted by atomic mass is 9.93. The molecule has 6 nitrogen and oxygen atoms in total. The maximum atomic E-state index is 13.2. The van der Waals surface area contributed by atoms with Crippen molar-refractivity contribution in [1.29, 1.82) is 0 Å². The molecule has 3 atom stereocenters. The zero-order valence-electron chi connectivity index (χ0n) is 16.4. The molecule has 1 rings (SSSR count). The summed E-state index contributed by atoms with van der Waals surface area (Å²) in [7, 11) is 0. The first-order chi connectivity index (χ1) is 12.4. The number of carbonyl (C=O) groups excluding carboxylic acids is 2. The Morgan fingerprint density at radius 2 is 1.67 bits per heavy atom. The van der Waals surface area contributed by atoms with Crippen molar-refractivity contribution in [1.82, 2.24) is 10.2 Å². The molecule has 1 fully saturated rings. The molecule has 1 aliphatic rings. The fourth-order valence-electron chi connectivity index (χ4n) is 3.50. The number of hydrogen-bond acceptors (Lipinski definition) is 4. The van der Waals surface area contributed by atoms with Crippen LogP contribution in [0.1, 0.15) is 53.4 Å². The third kappa shape index (κ3) is 6.34. The standard InChI is InChI=1S/C18H32F3N3O3/c1-10(2)14(22)17(27)23-9-13(25)24(12-7-5-6-8-12)15(11(3)4)16(26)18(19,20)21/h10-12,14-16,26H,5-9,22H2,1-4H3,(H,23,27)/t14-,15?,16?/m0/s1. The van der Waals surface area contributed by atoms with Gasteiger partial charge in [-0.3, -0.25) is 9.59 Å². The minimum Gasteiger partial charge on any atom is -0.382 e.